The van der Waals surface area contributed by atoms with Crippen molar-refractivity contribution in [2.75, 3.05) is 20.3 Å². The van der Waals surface area contributed by atoms with Gasteiger partial charge in [0, 0.05) is 26.3 Å². The highest BCUT2D eigenvalue weighted by Crippen LogP contribution is 2.27. The van der Waals surface area contributed by atoms with Crippen LogP contribution in [0.15, 0.2) is 0 Å². The molecule has 0 radical (unpaired) electrons. The summed E-state index contributed by atoms with van der Waals surface area (Å²) >= 11 is 0. The molecule has 0 bridgehead atoms. The first kappa shape index (κ1) is 17.2. The molecular formula is C15H30N2O3. The van der Waals surface area contributed by atoms with E-state index < -0.39 is 0 Å². The molecule has 20 heavy (non-hydrogen) atoms. The Labute approximate surface area is 122 Å². The average Bonchev–Trinajstić information content (AvgIpc) is 2.46. The maximum Gasteiger partial charge on any atom is 0.315 e. The quantitative estimate of drug-likeness (QED) is 0.671. The van der Waals surface area contributed by atoms with Crippen LogP contribution in [0.1, 0.15) is 52.4 Å². The number of methoxy groups -OCH3 is 1. The van der Waals surface area contributed by atoms with Crippen molar-refractivity contribution in [2.45, 2.75) is 64.0 Å². The van der Waals surface area contributed by atoms with Gasteiger partial charge < -0.3 is 20.5 Å². The van der Waals surface area contributed by atoms with Crippen molar-refractivity contribution in [3.63, 3.8) is 0 Å². The summed E-state index contributed by atoms with van der Waals surface area (Å²) in [5.74, 6) is 0.497. The summed E-state index contributed by atoms with van der Waals surface area (Å²) < 4.78 is 5.27. The molecule has 1 aliphatic carbocycles. The molecular weight excluding hydrogens is 256 g/mol. The first-order chi connectivity index (χ1) is 9.48. The Bertz CT molecular complexity index is 289. The summed E-state index contributed by atoms with van der Waals surface area (Å²) in [6, 6.07) is -0.0925. The van der Waals surface area contributed by atoms with Crippen LogP contribution in [-0.2, 0) is 4.74 Å². The maximum absolute atomic E-state index is 12.0. The van der Waals surface area contributed by atoms with Gasteiger partial charge in [-0.15, -0.1) is 0 Å². The van der Waals surface area contributed by atoms with E-state index in [2.05, 4.69) is 10.6 Å². The number of hydrogen-bond donors (Lipinski definition) is 3. The summed E-state index contributed by atoms with van der Waals surface area (Å²) in [5, 5.41) is 15.0. The number of aliphatic hydroxyl groups is 1. The Kier molecular flexibility index (Phi) is 7.30. The zero-order valence-corrected chi connectivity index (χ0v) is 13.1. The lowest BCUT2D eigenvalue weighted by atomic mass is 9.83. The van der Waals surface area contributed by atoms with Crippen LogP contribution in [-0.4, -0.2) is 43.0 Å². The first-order valence-electron chi connectivity index (χ1n) is 7.69. The van der Waals surface area contributed by atoms with E-state index in [1.807, 2.05) is 13.8 Å². The normalized spacial score (nSPS) is 18.6. The molecule has 1 unspecified atom stereocenters. The highest BCUT2D eigenvalue weighted by molar-refractivity contribution is 5.74. The standard InChI is InChI=1S/C15H30N2O3/c1-15(2,20-3)11-16-14(19)17-13(9-10-18)12-7-5-4-6-8-12/h12-13,18H,4-11H2,1-3H3,(H2,16,17,19). The highest BCUT2D eigenvalue weighted by Gasteiger charge is 2.25. The van der Waals surface area contributed by atoms with Gasteiger partial charge in [-0.05, 0) is 39.0 Å². The van der Waals surface area contributed by atoms with E-state index in [0.717, 1.165) is 12.8 Å². The molecule has 1 saturated carbocycles. The molecule has 5 nitrogen and oxygen atoms in total. The molecule has 118 valence electrons. The Morgan fingerprint density at radius 2 is 2.00 bits per heavy atom. The molecule has 0 saturated heterocycles. The van der Waals surface area contributed by atoms with E-state index >= 15 is 0 Å². The molecule has 0 heterocycles. The molecule has 1 fully saturated rings. The van der Waals surface area contributed by atoms with E-state index in [1.165, 1.54) is 19.3 Å². The topological polar surface area (TPSA) is 70.6 Å². The van der Waals surface area contributed by atoms with E-state index in [1.54, 1.807) is 7.11 Å². The van der Waals surface area contributed by atoms with Crippen LogP contribution in [0.5, 0.6) is 0 Å². The van der Waals surface area contributed by atoms with Crippen molar-refractivity contribution < 1.29 is 14.6 Å². The van der Waals surface area contributed by atoms with Gasteiger partial charge in [0.05, 0.1) is 5.60 Å². The van der Waals surface area contributed by atoms with Crippen LogP contribution in [0.3, 0.4) is 0 Å². The highest BCUT2D eigenvalue weighted by atomic mass is 16.5. The number of hydrogen-bond acceptors (Lipinski definition) is 3. The van der Waals surface area contributed by atoms with Crippen LogP contribution >= 0.6 is 0 Å². The Hall–Kier alpha value is -0.810. The summed E-state index contributed by atoms with van der Waals surface area (Å²) in [6.45, 7) is 4.44. The Morgan fingerprint density at radius 3 is 2.55 bits per heavy atom. The van der Waals surface area contributed by atoms with E-state index in [-0.39, 0.29) is 24.3 Å². The van der Waals surface area contributed by atoms with Crippen LogP contribution in [0.4, 0.5) is 4.79 Å². The van der Waals surface area contributed by atoms with Gasteiger partial charge in [-0.3, -0.25) is 0 Å². The average molecular weight is 286 g/mol. The fourth-order valence-corrected chi connectivity index (χ4v) is 2.69. The third-order valence-corrected chi connectivity index (χ3v) is 4.20. The van der Waals surface area contributed by atoms with E-state index in [4.69, 9.17) is 4.74 Å². The number of urea groups is 1. The lowest BCUT2D eigenvalue weighted by Gasteiger charge is -2.31. The fraction of sp³-hybridized carbons (Fsp3) is 0.933. The minimum absolute atomic E-state index is 0.0750. The molecule has 3 N–H and O–H groups in total. The second kappa shape index (κ2) is 8.47. The molecule has 1 aliphatic rings. The van der Waals surface area contributed by atoms with Gasteiger partial charge in [0.1, 0.15) is 0 Å². The maximum atomic E-state index is 12.0. The van der Waals surface area contributed by atoms with Crippen LogP contribution < -0.4 is 10.6 Å². The summed E-state index contributed by atoms with van der Waals surface area (Å²) in [7, 11) is 1.64. The van der Waals surface area contributed by atoms with Gasteiger partial charge in [-0.25, -0.2) is 4.79 Å². The SMILES string of the molecule is COC(C)(C)CNC(=O)NC(CCO)C1CCCCC1. The summed E-state index contributed by atoms with van der Waals surface area (Å²) in [6.07, 6.45) is 6.67. The zero-order valence-electron chi connectivity index (χ0n) is 13.1. The third-order valence-electron chi connectivity index (χ3n) is 4.20. The Balaban J connectivity index is 2.41. The third kappa shape index (κ3) is 6.09. The molecule has 0 spiro atoms. The summed E-state index contributed by atoms with van der Waals surface area (Å²) in [4.78, 5) is 12.0. The number of amides is 2. The number of carbonyl (C=O) groups is 1. The van der Waals surface area contributed by atoms with Gasteiger partial charge >= 0.3 is 6.03 Å². The number of carbonyl (C=O) groups excluding carboxylic acids is 1. The molecule has 0 aliphatic heterocycles. The monoisotopic (exact) mass is 286 g/mol. The van der Waals surface area contributed by atoms with Crippen LogP contribution in [0, 0.1) is 5.92 Å². The molecule has 5 heteroatoms. The van der Waals surface area contributed by atoms with Crippen LogP contribution in [0.25, 0.3) is 0 Å². The zero-order chi connectivity index (χ0) is 15.0. The van der Waals surface area contributed by atoms with Gasteiger partial charge in [0.15, 0.2) is 0 Å². The van der Waals surface area contributed by atoms with Crippen molar-refractivity contribution >= 4 is 6.03 Å². The Morgan fingerprint density at radius 1 is 1.35 bits per heavy atom. The molecule has 1 rings (SSSR count). The molecule has 2 amide bonds. The van der Waals surface area contributed by atoms with Crippen LogP contribution in [0.2, 0.25) is 0 Å². The van der Waals surface area contributed by atoms with Gasteiger partial charge in [0.2, 0.25) is 0 Å². The van der Waals surface area contributed by atoms with Crippen molar-refractivity contribution in [3.05, 3.63) is 0 Å². The minimum atomic E-state index is -0.366. The fourth-order valence-electron chi connectivity index (χ4n) is 2.69. The smallest absolute Gasteiger partial charge is 0.315 e. The largest absolute Gasteiger partial charge is 0.396 e. The van der Waals surface area contributed by atoms with Crippen molar-refractivity contribution in [3.8, 4) is 0 Å². The number of aliphatic hydroxyl groups excluding tert-OH is 1. The van der Waals surface area contributed by atoms with Crippen molar-refractivity contribution in [1.29, 1.82) is 0 Å². The first-order valence-corrected chi connectivity index (χ1v) is 7.69. The number of ether oxygens (including phenoxy) is 1. The molecule has 0 aromatic rings. The lowest BCUT2D eigenvalue weighted by Crippen LogP contribution is -2.49. The number of rotatable bonds is 7. The van der Waals surface area contributed by atoms with Gasteiger partial charge in [-0.2, -0.15) is 0 Å². The summed E-state index contributed by atoms with van der Waals surface area (Å²) in [5.41, 5.74) is -0.366. The predicted molar refractivity (Wildman–Crippen MR) is 79.7 cm³/mol. The van der Waals surface area contributed by atoms with Crippen molar-refractivity contribution in [1.82, 2.24) is 10.6 Å². The lowest BCUT2D eigenvalue weighted by molar-refractivity contribution is 0.0252. The van der Waals surface area contributed by atoms with Crippen molar-refractivity contribution in [2.24, 2.45) is 5.92 Å². The second-order valence-electron chi connectivity index (χ2n) is 6.31. The number of nitrogens with one attached hydrogen (secondary N) is 2. The molecule has 1 atom stereocenters. The van der Waals surface area contributed by atoms with E-state index in [0.29, 0.717) is 18.9 Å². The van der Waals surface area contributed by atoms with Gasteiger partial charge in [-0.1, -0.05) is 19.3 Å². The molecule has 0 aromatic heterocycles. The van der Waals surface area contributed by atoms with Gasteiger partial charge in [0.25, 0.3) is 0 Å². The predicted octanol–water partition coefficient (Wildman–Crippen LogP) is 2.04. The molecule has 0 aromatic carbocycles. The minimum Gasteiger partial charge on any atom is -0.396 e. The van der Waals surface area contributed by atoms with E-state index in [9.17, 15) is 9.90 Å². The second-order valence-corrected chi connectivity index (χ2v) is 6.31.